The van der Waals surface area contributed by atoms with E-state index in [0.717, 1.165) is 47.9 Å². The Labute approximate surface area is 206 Å². The van der Waals surface area contributed by atoms with Crippen LogP contribution in [0.4, 0.5) is 21.9 Å². The van der Waals surface area contributed by atoms with Crippen LogP contribution in [-0.4, -0.2) is 50.1 Å². The first-order valence-electron chi connectivity index (χ1n) is 12.0. The molecule has 0 bridgehead atoms. The molecule has 7 nitrogen and oxygen atoms in total. The number of hydrogen-bond donors (Lipinski definition) is 2. The number of carbonyl (C=O) groups excluding carboxylic acids is 2. The Kier molecular flexibility index (Phi) is 7.88. The molecule has 0 aromatic heterocycles. The maximum absolute atomic E-state index is 12.7. The van der Waals surface area contributed by atoms with Gasteiger partial charge in [-0.15, -0.1) is 0 Å². The van der Waals surface area contributed by atoms with E-state index >= 15 is 0 Å². The molecule has 1 saturated heterocycles. The maximum atomic E-state index is 12.7. The van der Waals surface area contributed by atoms with Gasteiger partial charge in [0, 0.05) is 43.2 Å². The molecule has 4 rings (SSSR count). The van der Waals surface area contributed by atoms with Gasteiger partial charge in [-0.3, -0.25) is 4.79 Å². The molecule has 3 amide bonds. The SMILES string of the molecule is CCc1ccc(NC(=O)Nc2ccc(N3CCN(C(=O)Cc4ccc(OC)cc4)CC3)cc2)cc1. The summed E-state index contributed by atoms with van der Waals surface area (Å²) < 4.78 is 5.18. The zero-order valence-corrected chi connectivity index (χ0v) is 20.3. The van der Waals surface area contributed by atoms with Gasteiger partial charge in [0.05, 0.1) is 13.5 Å². The van der Waals surface area contributed by atoms with Crippen LogP contribution in [-0.2, 0) is 17.6 Å². The van der Waals surface area contributed by atoms with Crippen LogP contribution < -0.4 is 20.3 Å². The van der Waals surface area contributed by atoms with Crippen LogP contribution in [0.2, 0.25) is 0 Å². The Morgan fingerprint density at radius 3 is 1.86 bits per heavy atom. The van der Waals surface area contributed by atoms with Crippen molar-refractivity contribution in [3.05, 3.63) is 83.9 Å². The highest BCUT2D eigenvalue weighted by molar-refractivity contribution is 5.99. The summed E-state index contributed by atoms with van der Waals surface area (Å²) in [5.74, 6) is 0.933. The average molecular weight is 473 g/mol. The molecule has 3 aromatic carbocycles. The van der Waals surface area contributed by atoms with Crippen molar-refractivity contribution in [1.82, 2.24) is 4.90 Å². The van der Waals surface area contributed by atoms with Gasteiger partial charge in [-0.25, -0.2) is 4.79 Å². The number of benzene rings is 3. The number of amides is 3. The minimum Gasteiger partial charge on any atom is -0.497 e. The zero-order valence-electron chi connectivity index (χ0n) is 20.3. The lowest BCUT2D eigenvalue weighted by Crippen LogP contribution is -2.49. The molecular weight excluding hydrogens is 440 g/mol. The topological polar surface area (TPSA) is 73.9 Å². The minimum absolute atomic E-state index is 0.143. The number of rotatable bonds is 7. The summed E-state index contributed by atoms with van der Waals surface area (Å²) in [5, 5.41) is 5.73. The van der Waals surface area contributed by atoms with Gasteiger partial charge in [-0.2, -0.15) is 0 Å². The van der Waals surface area contributed by atoms with Gasteiger partial charge in [-0.05, 0) is 66.1 Å². The first kappa shape index (κ1) is 24.1. The zero-order chi connectivity index (χ0) is 24.6. The highest BCUT2D eigenvalue weighted by Gasteiger charge is 2.21. The summed E-state index contributed by atoms with van der Waals surface area (Å²) in [6, 6.07) is 23.0. The minimum atomic E-state index is -0.272. The number of aryl methyl sites for hydroxylation is 1. The number of hydrogen-bond acceptors (Lipinski definition) is 4. The summed E-state index contributed by atoms with van der Waals surface area (Å²) in [6.07, 6.45) is 1.36. The summed E-state index contributed by atoms with van der Waals surface area (Å²) >= 11 is 0. The second kappa shape index (κ2) is 11.4. The molecule has 3 aromatic rings. The van der Waals surface area contributed by atoms with Gasteiger partial charge in [0.1, 0.15) is 5.75 Å². The molecule has 0 spiro atoms. The summed E-state index contributed by atoms with van der Waals surface area (Å²) in [6.45, 7) is 5.02. The van der Waals surface area contributed by atoms with Crippen molar-refractivity contribution in [3.8, 4) is 5.75 Å². The van der Waals surface area contributed by atoms with Gasteiger partial charge in [0.2, 0.25) is 5.91 Å². The molecule has 182 valence electrons. The Morgan fingerprint density at radius 2 is 1.31 bits per heavy atom. The number of ether oxygens (including phenoxy) is 1. The Hall–Kier alpha value is -4.00. The third-order valence-electron chi connectivity index (χ3n) is 6.26. The van der Waals surface area contributed by atoms with E-state index in [2.05, 4.69) is 22.5 Å². The number of piperazine rings is 1. The van der Waals surface area contributed by atoms with Gasteiger partial charge in [-0.1, -0.05) is 31.2 Å². The van der Waals surface area contributed by atoms with Gasteiger partial charge in [0.15, 0.2) is 0 Å². The molecule has 0 atom stereocenters. The molecule has 0 unspecified atom stereocenters. The number of anilines is 3. The fourth-order valence-electron chi connectivity index (χ4n) is 4.12. The lowest BCUT2D eigenvalue weighted by atomic mass is 10.1. The lowest BCUT2D eigenvalue weighted by molar-refractivity contribution is -0.130. The Balaban J connectivity index is 1.24. The number of carbonyl (C=O) groups is 2. The van der Waals surface area contributed by atoms with E-state index < -0.39 is 0 Å². The van der Waals surface area contributed by atoms with E-state index in [0.29, 0.717) is 19.5 Å². The van der Waals surface area contributed by atoms with Crippen molar-refractivity contribution in [2.24, 2.45) is 0 Å². The van der Waals surface area contributed by atoms with Crippen LogP contribution in [0, 0.1) is 0 Å². The fraction of sp³-hybridized carbons (Fsp3) is 0.286. The molecule has 1 heterocycles. The maximum Gasteiger partial charge on any atom is 0.323 e. The summed E-state index contributed by atoms with van der Waals surface area (Å²) in [5.41, 5.74) is 4.78. The highest BCUT2D eigenvalue weighted by Crippen LogP contribution is 2.21. The summed E-state index contributed by atoms with van der Waals surface area (Å²) in [4.78, 5) is 29.2. The van der Waals surface area contributed by atoms with E-state index in [9.17, 15) is 9.59 Å². The van der Waals surface area contributed by atoms with E-state index in [1.807, 2.05) is 77.7 Å². The molecule has 2 N–H and O–H groups in total. The van der Waals surface area contributed by atoms with Crippen molar-refractivity contribution in [2.75, 3.05) is 48.8 Å². The molecule has 0 saturated carbocycles. The Morgan fingerprint density at radius 1 is 0.771 bits per heavy atom. The monoisotopic (exact) mass is 472 g/mol. The third-order valence-corrected chi connectivity index (χ3v) is 6.26. The predicted molar refractivity (Wildman–Crippen MR) is 140 cm³/mol. The molecular formula is C28H32N4O3. The van der Waals surface area contributed by atoms with Crippen molar-refractivity contribution in [2.45, 2.75) is 19.8 Å². The smallest absolute Gasteiger partial charge is 0.323 e. The van der Waals surface area contributed by atoms with Gasteiger partial charge >= 0.3 is 6.03 Å². The summed E-state index contributed by atoms with van der Waals surface area (Å²) in [7, 11) is 1.63. The van der Waals surface area contributed by atoms with Crippen LogP contribution in [0.3, 0.4) is 0 Å². The van der Waals surface area contributed by atoms with Crippen LogP contribution in [0.1, 0.15) is 18.1 Å². The average Bonchev–Trinajstić information content (AvgIpc) is 2.90. The van der Waals surface area contributed by atoms with Crippen LogP contribution >= 0.6 is 0 Å². The number of nitrogens with zero attached hydrogens (tertiary/aromatic N) is 2. The molecule has 1 aliphatic heterocycles. The quantitative estimate of drug-likeness (QED) is 0.518. The first-order chi connectivity index (χ1) is 17.0. The van der Waals surface area contributed by atoms with Crippen molar-refractivity contribution >= 4 is 29.0 Å². The fourth-order valence-corrected chi connectivity index (χ4v) is 4.12. The molecule has 1 aliphatic rings. The predicted octanol–water partition coefficient (Wildman–Crippen LogP) is 4.79. The van der Waals surface area contributed by atoms with Crippen LogP contribution in [0.5, 0.6) is 5.75 Å². The van der Waals surface area contributed by atoms with Crippen molar-refractivity contribution in [1.29, 1.82) is 0 Å². The van der Waals surface area contributed by atoms with Crippen LogP contribution in [0.25, 0.3) is 0 Å². The van der Waals surface area contributed by atoms with E-state index in [-0.39, 0.29) is 11.9 Å². The molecule has 35 heavy (non-hydrogen) atoms. The largest absolute Gasteiger partial charge is 0.497 e. The van der Waals surface area contributed by atoms with E-state index in [4.69, 9.17) is 4.74 Å². The Bertz CT molecular complexity index is 1120. The molecule has 1 fully saturated rings. The van der Waals surface area contributed by atoms with Gasteiger partial charge in [0.25, 0.3) is 0 Å². The standard InChI is InChI=1S/C28H32N4O3/c1-3-21-4-8-23(9-5-21)29-28(34)30-24-10-12-25(13-11-24)31-16-18-32(19-17-31)27(33)20-22-6-14-26(35-2)15-7-22/h4-15H,3,16-20H2,1-2H3,(H2,29,30,34). The number of nitrogens with one attached hydrogen (secondary N) is 2. The molecule has 0 radical (unpaired) electrons. The van der Waals surface area contributed by atoms with Crippen LogP contribution in [0.15, 0.2) is 72.8 Å². The van der Waals surface area contributed by atoms with E-state index in [1.165, 1.54) is 5.56 Å². The lowest BCUT2D eigenvalue weighted by Gasteiger charge is -2.36. The molecule has 0 aliphatic carbocycles. The van der Waals surface area contributed by atoms with Crippen molar-refractivity contribution < 1.29 is 14.3 Å². The van der Waals surface area contributed by atoms with E-state index in [1.54, 1.807) is 7.11 Å². The highest BCUT2D eigenvalue weighted by atomic mass is 16.5. The normalized spacial score (nSPS) is 13.3. The number of urea groups is 1. The van der Waals surface area contributed by atoms with Gasteiger partial charge < -0.3 is 25.2 Å². The number of methoxy groups -OCH3 is 1. The van der Waals surface area contributed by atoms with Crippen molar-refractivity contribution in [3.63, 3.8) is 0 Å². The third kappa shape index (κ3) is 6.53. The second-order valence-electron chi connectivity index (χ2n) is 8.57. The first-order valence-corrected chi connectivity index (χ1v) is 12.0. The molecule has 7 heteroatoms. The second-order valence-corrected chi connectivity index (χ2v) is 8.57.